The normalized spacial score (nSPS) is 23.2. The summed E-state index contributed by atoms with van der Waals surface area (Å²) in [6, 6.07) is 0. The van der Waals surface area contributed by atoms with E-state index < -0.39 is 11.9 Å². The summed E-state index contributed by atoms with van der Waals surface area (Å²) in [4.78, 5) is 23.3. The molecule has 0 aliphatic carbocycles. The van der Waals surface area contributed by atoms with Crippen LogP contribution in [0.5, 0.6) is 0 Å². The minimum absolute atomic E-state index is 0.0238. The Kier molecular flexibility index (Phi) is 2.68. The molecule has 1 atom stereocenters. The molecule has 1 heterocycles. The molecule has 0 radical (unpaired) electrons. The van der Waals surface area contributed by atoms with Crippen LogP contribution in [-0.4, -0.2) is 35.0 Å². The lowest BCUT2D eigenvalue weighted by molar-refractivity contribution is -0.141. The van der Waals surface area contributed by atoms with E-state index in [1.165, 1.54) is 0 Å². The quantitative estimate of drug-likeness (QED) is 0.665. The second-order valence-electron chi connectivity index (χ2n) is 3.08. The zero-order valence-corrected chi connectivity index (χ0v) is 7.12. The first-order valence-corrected chi connectivity index (χ1v) is 4.15. The molecule has 0 spiro atoms. The van der Waals surface area contributed by atoms with Gasteiger partial charge >= 0.3 is 5.97 Å². The molecule has 0 saturated carbocycles. The van der Waals surface area contributed by atoms with Gasteiger partial charge < -0.3 is 10.0 Å². The summed E-state index contributed by atoms with van der Waals surface area (Å²) in [6.07, 6.45) is 1.06. The van der Waals surface area contributed by atoms with Crippen LogP contribution in [0.2, 0.25) is 0 Å². The van der Waals surface area contributed by atoms with Crippen LogP contribution in [0.4, 0.5) is 0 Å². The van der Waals surface area contributed by atoms with E-state index in [2.05, 4.69) is 0 Å². The number of amides is 1. The van der Waals surface area contributed by atoms with E-state index in [4.69, 9.17) is 5.11 Å². The number of rotatable bonds is 3. The molecule has 4 nitrogen and oxygen atoms in total. The summed E-state index contributed by atoms with van der Waals surface area (Å²) in [5.74, 6) is -1.37. The summed E-state index contributed by atoms with van der Waals surface area (Å²) >= 11 is 0. The average Bonchev–Trinajstić information content (AvgIpc) is 2.34. The number of carboxylic acids is 1. The van der Waals surface area contributed by atoms with Gasteiger partial charge in [-0.1, -0.05) is 6.92 Å². The van der Waals surface area contributed by atoms with Gasteiger partial charge in [-0.3, -0.25) is 9.59 Å². The van der Waals surface area contributed by atoms with E-state index in [0.717, 1.165) is 6.42 Å². The van der Waals surface area contributed by atoms with Crippen molar-refractivity contribution in [3.8, 4) is 0 Å². The first kappa shape index (κ1) is 9.03. The van der Waals surface area contributed by atoms with Crippen LogP contribution in [0.15, 0.2) is 0 Å². The third-order valence-corrected chi connectivity index (χ3v) is 2.06. The van der Waals surface area contributed by atoms with E-state index in [1.807, 2.05) is 6.92 Å². The monoisotopic (exact) mass is 171 g/mol. The van der Waals surface area contributed by atoms with Crippen molar-refractivity contribution in [2.75, 3.05) is 13.1 Å². The third kappa shape index (κ3) is 1.75. The standard InChI is InChI=1S/C8H13NO3/c1-2-3-9-5-6(8(11)12)4-7(9)10/h6H,2-5H2,1H3,(H,11,12). The molecular weight excluding hydrogens is 158 g/mol. The van der Waals surface area contributed by atoms with Crippen molar-refractivity contribution in [1.82, 2.24) is 4.90 Å². The van der Waals surface area contributed by atoms with Crippen LogP contribution in [0.1, 0.15) is 19.8 Å². The predicted molar refractivity (Wildman–Crippen MR) is 42.6 cm³/mol. The molecule has 1 amide bonds. The molecule has 4 heteroatoms. The van der Waals surface area contributed by atoms with Crippen LogP contribution >= 0.6 is 0 Å². The fourth-order valence-corrected chi connectivity index (χ4v) is 1.42. The van der Waals surface area contributed by atoms with E-state index in [-0.39, 0.29) is 12.3 Å². The van der Waals surface area contributed by atoms with Crippen LogP contribution < -0.4 is 0 Å². The van der Waals surface area contributed by atoms with E-state index in [9.17, 15) is 9.59 Å². The van der Waals surface area contributed by atoms with Gasteiger partial charge in [-0.05, 0) is 6.42 Å². The Morgan fingerprint density at radius 3 is 2.83 bits per heavy atom. The van der Waals surface area contributed by atoms with E-state index >= 15 is 0 Å². The molecule has 12 heavy (non-hydrogen) atoms. The van der Waals surface area contributed by atoms with Crippen LogP contribution in [-0.2, 0) is 9.59 Å². The van der Waals surface area contributed by atoms with Crippen molar-refractivity contribution >= 4 is 11.9 Å². The van der Waals surface area contributed by atoms with Crippen molar-refractivity contribution in [2.24, 2.45) is 5.92 Å². The van der Waals surface area contributed by atoms with Gasteiger partial charge in [0.25, 0.3) is 0 Å². The molecule has 0 aromatic heterocycles. The summed E-state index contributed by atoms with van der Waals surface area (Å²) in [7, 11) is 0. The smallest absolute Gasteiger partial charge is 0.308 e. The zero-order valence-electron chi connectivity index (χ0n) is 7.12. The van der Waals surface area contributed by atoms with Crippen molar-refractivity contribution in [3.05, 3.63) is 0 Å². The van der Waals surface area contributed by atoms with Crippen molar-refractivity contribution in [2.45, 2.75) is 19.8 Å². The van der Waals surface area contributed by atoms with Gasteiger partial charge in [0.05, 0.1) is 5.92 Å². The van der Waals surface area contributed by atoms with E-state index in [0.29, 0.717) is 13.1 Å². The molecular formula is C8H13NO3. The maximum Gasteiger partial charge on any atom is 0.308 e. The molecule has 1 fully saturated rings. The van der Waals surface area contributed by atoms with Gasteiger partial charge in [0, 0.05) is 19.5 Å². The predicted octanol–water partition coefficient (Wildman–Crippen LogP) is 0.329. The van der Waals surface area contributed by atoms with Crippen LogP contribution in [0.3, 0.4) is 0 Å². The fourth-order valence-electron chi connectivity index (χ4n) is 1.42. The molecule has 1 N–H and O–H groups in total. The zero-order chi connectivity index (χ0) is 9.14. The molecule has 1 rings (SSSR count). The lowest BCUT2D eigenvalue weighted by Crippen LogP contribution is -2.26. The van der Waals surface area contributed by atoms with Crippen molar-refractivity contribution in [1.29, 1.82) is 0 Å². The van der Waals surface area contributed by atoms with Gasteiger partial charge in [0.1, 0.15) is 0 Å². The number of carbonyl (C=O) groups is 2. The fraction of sp³-hybridized carbons (Fsp3) is 0.750. The highest BCUT2D eigenvalue weighted by Crippen LogP contribution is 2.17. The number of likely N-dealkylation sites (tertiary alicyclic amines) is 1. The largest absolute Gasteiger partial charge is 0.481 e. The number of carbonyl (C=O) groups excluding carboxylic acids is 1. The van der Waals surface area contributed by atoms with Crippen molar-refractivity contribution in [3.63, 3.8) is 0 Å². The topological polar surface area (TPSA) is 57.6 Å². The molecule has 0 aromatic rings. The van der Waals surface area contributed by atoms with Crippen molar-refractivity contribution < 1.29 is 14.7 Å². The minimum atomic E-state index is -0.859. The molecule has 0 aromatic carbocycles. The summed E-state index contributed by atoms with van der Waals surface area (Å²) in [5.41, 5.74) is 0. The Hall–Kier alpha value is -1.06. The van der Waals surface area contributed by atoms with Gasteiger partial charge in [-0.15, -0.1) is 0 Å². The Labute approximate surface area is 71.2 Å². The molecule has 1 saturated heterocycles. The maximum atomic E-state index is 11.1. The van der Waals surface area contributed by atoms with Gasteiger partial charge in [0.2, 0.25) is 5.91 Å². The van der Waals surface area contributed by atoms with E-state index in [1.54, 1.807) is 4.90 Å². The highest BCUT2D eigenvalue weighted by atomic mass is 16.4. The second kappa shape index (κ2) is 3.56. The summed E-state index contributed by atoms with van der Waals surface area (Å²) < 4.78 is 0. The average molecular weight is 171 g/mol. The number of nitrogens with zero attached hydrogens (tertiary/aromatic N) is 1. The highest BCUT2D eigenvalue weighted by molar-refractivity contribution is 5.86. The lowest BCUT2D eigenvalue weighted by atomic mass is 10.1. The van der Waals surface area contributed by atoms with Crippen LogP contribution in [0, 0.1) is 5.92 Å². The molecule has 1 aliphatic heterocycles. The Balaban J connectivity index is 2.50. The van der Waals surface area contributed by atoms with Gasteiger partial charge in [-0.2, -0.15) is 0 Å². The second-order valence-corrected chi connectivity index (χ2v) is 3.08. The lowest BCUT2D eigenvalue weighted by Gasteiger charge is -2.13. The number of hydrogen-bond acceptors (Lipinski definition) is 2. The Morgan fingerprint density at radius 1 is 1.75 bits per heavy atom. The molecule has 1 unspecified atom stereocenters. The minimum Gasteiger partial charge on any atom is -0.481 e. The highest BCUT2D eigenvalue weighted by Gasteiger charge is 2.33. The Morgan fingerprint density at radius 2 is 2.42 bits per heavy atom. The van der Waals surface area contributed by atoms with Gasteiger partial charge in [-0.25, -0.2) is 0 Å². The number of aliphatic carboxylic acids is 1. The molecule has 1 aliphatic rings. The van der Waals surface area contributed by atoms with Crippen LogP contribution in [0.25, 0.3) is 0 Å². The maximum absolute atomic E-state index is 11.1. The Bertz CT molecular complexity index is 202. The molecule has 0 bridgehead atoms. The van der Waals surface area contributed by atoms with Gasteiger partial charge in [0.15, 0.2) is 0 Å². The SMILES string of the molecule is CCCN1CC(C(=O)O)CC1=O. The molecule has 68 valence electrons. The number of hydrogen-bond donors (Lipinski definition) is 1. The summed E-state index contributed by atoms with van der Waals surface area (Å²) in [5, 5.41) is 8.64. The number of carboxylic acid groups (broad SMARTS) is 1. The first-order chi connectivity index (χ1) is 5.65. The summed E-state index contributed by atoms with van der Waals surface area (Å²) in [6.45, 7) is 3.05. The first-order valence-electron chi connectivity index (χ1n) is 4.15. The third-order valence-electron chi connectivity index (χ3n) is 2.06.